The maximum absolute atomic E-state index is 13.3. The van der Waals surface area contributed by atoms with Crippen molar-refractivity contribution in [3.05, 3.63) is 47.8 Å². The Morgan fingerprint density at radius 1 is 1.47 bits per heavy atom. The first kappa shape index (κ1) is 9.71. The summed E-state index contributed by atoms with van der Waals surface area (Å²) in [6, 6.07) is 4.98. The monoisotopic (exact) mass is 205 g/mol. The van der Waals surface area contributed by atoms with Gasteiger partial charge >= 0.3 is 0 Å². The summed E-state index contributed by atoms with van der Waals surface area (Å²) >= 11 is 0. The number of aryl methyl sites for hydroxylation is 1. The van der Waals surface area contributed by atoms with Gasteiger partial charge in [0.15, 0.2) is 0 Å². The fourth-order valence-corrected chi connectivity index (χ4v) is 1.35. The Morgan fingerprint density at radius 3 is 3.07 bits per heavy atom. The topological polar surface area (TPSA) is 40.7 Å². The molecule has 78 valence electrons. The zero-order chi connectivity index (χ0) is 10.7. The summed E-state index contributed by atoms with van der Waals surface area (Å²) in [6.45, 7) is 2.42. The van der Waals surface area contributed by atoms with Crippen molar-refractivity contribution >= 4 is 5.69 Å². The normalized spacial score (nSPS) is 10.3. The van der Waals surface area contributed by atoms with Crippen molar-refractivity contribution in [3.8, 4) is 0 Å². The highest BCUT2D eigenvalue weighted by atomic mass is 19.1. The Labute approximate surface area is 87.4 Å². The van der Waals surface area contributed by atoms with Gasteiger partial charge in [0.05, 0.1) is 12.2 Å². The van der Waals surface area contributed by atoms with Crippen molar-refractivity contribution in [1.29, 1.82) is 0 Å². The summed E-state index contributed by atoms with van der Waals surface area (Å²) in [6.07, 6.45) is 3.41. The van der Waals surface area contributed by atoms with Crippen LogP contribution in [0.1, 0.15) is 11.4 Å². The van der Waals surface area contributed by atoms with Gasteiger partial charge in [0.25, 0.3) is 0 Å². The molecule has 2 rings (SSSR count). The van der Waals surface area contributed by atoms with Crippen molar-refractivity contribution in [1.82, 2.24) is 9.97 Å². The molecule has 0 unspecified atom stereocenters. The molecule has 0 radical (unpaired) electrons. The molecule has 0 spiro atoms. The maximum atomic E-state index is 13.3. The summed E-state index contributed by atoms with van der Waals surface area (Å²) < 4.78 is 13.3. The first-order valence-electron chi connectivity index (χ1n) is 4.74. The lowest BCUT2D eigenvalue weighted by Crippen LogP contribution is -2.03. The highest BCUT2D eigenvalue weighted by Gasteiger charge is 2.02. The van der Waals surface area contributed by atoms with Crippen molar-refractivity contribution in [2.75, 3.05) is 5.32 Å². The number of nitrogens with zero attached hydrogens (tertiary/aromatic N) is 1. The highest BCUT2D eigenvalue weighted by molar-refractivity contribution is 5.46. The molecule has 0 aliphatic carbocycles. The van der Waals surface area contributed by atoms with E-state index in [0.29, 0.717) is 12.2 Å². The van der Waals surface area contributed by atoms with Gasteiger partial charge in [-0.3, -0.25) is 0 Å². The van der Waals surface area contributed by atoms with Gasteiger partial charge in [-0.2, -0.15) is 0 Å². The van der Waals surface area contributed by atoms with E-state index in [1.807, 2.05) is 6.92 Å². The number of benzene rings is 1. The van der Waals surface area contributed by atoms with Crippen LogP contribution < -0.4 is 5.32 Å². The molecular formula is C11H12FN3. The first-order chi connectivity index (χ1) is 7.25. The van der Waals surface area contributed by atoms with Gasteiger partial charge in [0.2, 0.25) is 0 Å². The molecular weight excluding hydrogens is 193 g/mol. The second-order valence-corrected chi connectivity index (χ2v) is 3.37. The van der Waals surface area contributed by atoms with E-state index in [1.165, 1.54) is 6.07 Å². The van der Waals surface area contributed by atoms with E-state index in [-0.39, 0.29) is 5.82 Å². The van der Waals surface area contributed by atoms with Gasteiger partial charge in [-0.15, -0.1) is 0 Å². The molecule has 1 aromatic heterocycles. The minimum atomic E-state index is -0.243. The number of hydrogen-bond acceptors (Lipinski definition) is 2. The third-order valence-electron chi connectivity index (χ3n) is 2.12. The Bertz CT molecular complexity index is 437. The standard InChI is InChI=1S/C11H12FN3/c1-8-2-3-9(12)10(6-8)15-7-11-13-4-5-14-11/h2-6,15H,7H2,1H3,(H,13,14). The van der Waals surface area contributed by atoms with E-state index in [0.717, 1.165) is 11.4 Å². The van der Waals surface area contributed by atoms with Crippen molar-refractivity contribution in [3.63, 3.8) is 0 Å². The van der Waals surface area contributed by atoms with Crippen LogP contribution in [0.2, 0.25) is 0 Å². The van der Waals surface area contributed by atoms with Crippen molar-refractivity contribution < 1.29 is 4.39 Å². The number of nitrogens with one attached hydrogen (secondary N) is 2. The van der Waals surface area contributed by atoms with Crippen LogP contribution in [-0.4, -0.2) is 9.97 Å². The minimum absolute atomic E-state index is 0.243. The lowest BCUT2D eigenvalue weighted by molar-refractivity contribution is 0.629. The quantitative estimate of drug-likeness (QED) is 0.808. The van der Waals surface area contributed by atoms with Crippen LogP contribution in [0.4, 0.5) is 10.1 Å². The average molecular weight is 205 g/mol. The summed E-state index contributed by atoms with van der Waals surface area (Å²) in [4.78, 5) is 6.99. The van der Waals surface area contributed by atoms with Gasteiger partial charge in [0.1, 0.15) is 11.6 Å². The van der Waals surface area contributed by atoms with Crippen molar-refractivity contribution in [2.24, 2.45) is 0 Å². The number of halogens is 1. The Hall–Kier alpha value is -1.84. The molecule has 0 fully saturated rings. The number of rotatable bonds is 3. The van der Waals surface area contributed by atoms with E-state index in [9.17, 15) is 4.39 Å². The van der Waals surface area contributed by atoms with E-state index in [4.69, 9.17) is 0 Å². The molecule has 0 saturated heterocycles. The third kappa shape index (κ3) is 2.34. The SMILES string of the molecule is Cc1ccc(F)c(NCc2ncc[nH]2)c1. The molecule has 4 heteroatoms. The van der Waals surface area contributed by atoms with E-state index in [2.05, 4.69) is 15.3 Å². The Balaban J connectivity index is 2.07. The first-order valence-corrected chi connectivity index (χ1v) is 4.74. The molecule has 0 aliphatic heterocycles. The molecule has 3 nitrogen and oxygen atoms in total. The molecule has 0 saturated carbocycles. The van der Waals surface area contributed by atoms with Gasteiger partial charge in [-0.05, 0) is 24.6 Å². The number of anilines is 1. The molecule has 1 heterocycles. The zero-order valence-electron chi connectivity index (χ0n) is 8.42. The maximum Gasteiger partial charge on any atom is 0.146 e. The lowest BCUT2D eigenvalue weighted by Gasteiger charge is -2.06. The molecule has 0 amide bonds. The molecule has 0 atom stereocenters. The number of hydrogen-bond donors (Lipinski definition) is 2. The average Bonchev–Trinajstić information content (AvgIpc) is 2.72. The van der Waals surface area contributed by atoms with Gasteiger partial charge in [0, 0.05) is 12.4 Å². The number of H-pyrrole nitrogens is 1. The van der Waals surface area contributed by atoms with Gasteiger partial charge in [-0.25, -0.2) is 9.37 Å². The van der Waals surface area contributed by atoms with E-state index in [1.54, 1.807) is 24.5 Å². The molecule has 2 N–H and O–H groups in total. The lowest BCUT2D eigenvalue weighted by atomic mass is 10.2. The van der Waals surface area contributed by atoms with Gasteiger partial charge < -0.3 is 10.3 Å². The highest BCUT2D eigenvalue weighted by Crippen LogP contribution is 2.15. The van der Waals surface area contributed by atoms with Crippen LogP contribution in [0.3, 0.4) is 0 Å². The summed E-state index contributed by atoms with van der Waals surface area (Å²) in [5, 5.41) is 2.99. The van der Waals surface area contributed by atoms with Crippen LogP contribution in [-0.2, 0) is 6.54 Å². The van der Waals surface area contributed by atoms with Crippen LogP contribution in [0.5, 0.6) is 0 Å². The molecule has 0 bridgehead atoms. The molecule has 1 aromatic carbocycles. The number of aromatic nitrogens is 2. The second-order valence-electron chi connectivity index (χ2n) is 3.37. The fourth-order valence-electron chi connectivity index (χ4n) is 1.35. The van der Waals surface area contributed by atoms with Crippen LogP contribution >= 0.6 is 0 Å². The predicted octanol–water partition coefficient (Wildman–Crippen LogP) is 2.47. The predicted molar refractivity (Wildman–Crippen MR) is 57.1 cm³/mol. The van der Waals surface area contributed by atoms with Crippen LogP contribution in [0, 0.1) is 12.7 Å². The Kier molecular flexibility index (Phi) is 2.67. The summed E-state index contributed by atoms with van der Waals surface area (Å²) in [7, 11) is 0. The largest absolute Gasteiger partial charge is 0.375 e. The summed E-state index contributed by atoms with van der Waals surface area (Å²) in [5.74, 6) is 0.545. The van der Waals surface area contributed by atoms with Gasteiger partial charge in [-0.1, -0.05) is 6.07 Å². The fraction of sp³-hybridized carbons (Fsp3) is 0.182. The molecule has 15 heavy (non-hydrogen) atoms. The second kappa shape index (κ2) is 4.13. The van der Waals surface area contributed by atoms with E-state index >= 15 is 0 Å². The number of imidazole rings is 1. The summed E-state index contributed by atoms with van der Waals surface area (Å²) in [5.41, 5.74) is 1.53. The van der Waals surface area contributed by atoms with Crippen LogP contribution in [0.15, 0.2) is 30.6 Å². The number of aromatic amines is 1. The smallest absolute Gasteiger partial charge is 0.146 e. The van der Waals surface area contributed by atoms with Crippen molar-refractivity contribution in [2.45, 2.75) is 13.5 Å². The van der Waals surface area contributed by atoms with E-state index < -0.39 is 0 Å². The Morgan fingerprint density at radius 2 is 2.33 bits per heavy atom. The van der Waals surface area contributed by atoms with Crippen LogP contribution in [0.25, 0.3) is 0 Å². The molecule has 2 aromatic rings. The zero-order valence-corrected chi connectivity index (χ0v) is 8.42. The minimum Gasteiger partial charge on any atom is -0.375 e. The molecule has 0 aliphatic rings. The third-order valence-corrected chi connectivity index (χ3v) is 2.12.